The fourth-order valence-electron chi connectivity index (χ4n) is 1.89. The van der Waals surface area contributed by atoms with Crippen LogP contribution in [0.1, 0.15) is 16.1 Å². The van der Waals surface area contributed by atoms with Crippen LogP contribution in [0.3, 0.4) is 0 Å². The van der Waals surface area contributed by atoms with Crippen LogP contribution in [0.2, 0.25) is 0 Å². The monoisotopic (exact) mass is 300 g/mol. The molecule has 0 unspecified atom stereocenters. The first-order valence-electron chi connectivity index (χ1n) is 5.55. The van der Waals surface area contributed by atoms with E-state index in [2.05, 4.69) is 9.71 Å². The molecule has 19 heavy (non-hydrogen) atoms. The van der Waals surface area contributed by atoms with Crippen molar-refractivity contribution in [2.75, 3.05) is 0 Å². The van der Waals surface area contributed by atoms with Crippen LogP contribution in [0.5, 0.6) is 0 Å². The Morgan fingerprint density at radius 3 is 2.47 bits per heavy atom. The summed E-state index contributed by atoms with van der Waals surface area (Å²) in [5, 5.41) is 2.46. The van der Waals surface area contributed by atoms with Gasteiger partial charge >= 0.3 is 0 Å². The molecule has 0 bridgehead atoms. The molecule has 1 N–H and O–H groups in total. The molecule has 1 heterocycles. The summed E-state index contributed by atoms with van der Waals surface area (Å²) >= 11 is 1.37. The highest BCUT2D eigenvalue weighted by Gasteiger charge is 2.20. The number of aromatic nitrogens is 1. The highest BCUT2D eigenvalue weighted by Crippen LogP contribution is 2.21. The average Bonchev–Trinajstić information content (AvgIpc) is 2.77. The molecule has 0 aliphatic rings. The molecule has 102 valence electrons. The van der Waals surface area contributed by atoms with E-state index in [0.29, 0.717) is 16.1 Å². The molecule has 0 radical (unpaired) electrons. The Hall–Kier alpha value is -1.31. The SMILES string of the molecule is Cc1cc(F)cc(C)c1S(=O)(=O)NCc1nccs1. The smallest absolute Gasteiger partial charge is 0.241 e. The van der Waals surface area contributed by atoms with Crippen LogP contribution in [0.25, 0.3) is 0 Å². The van der Waals surface area contributed by atoms with Crippen LogP contribution in [0.15, 0.2) is 28.6 Å². The van der Waals surface area contributed by atoms with E-state index in [1.807, 2.05) is 0 Å². The fraction of sp³-hybridized carbons (Fsp3) is 0.250. The highest BCUT2D eigenvalue weighted by atomic mass is 32.2. The zero-order valence-electron chi connectivity index (χ0n) is 10.5. The van der Waals surface area contributed by atoms with Crippen LogP contribution in [0, 0.1) is 19.7 Å². The molecule has 2 aromatic rings. The molecule has 1 aromatic heterocycles. The topological polar surface area (TPSA) is 59.1 Å². The van der Waals surface area contributed by atoms with Crippen molar-refractivity contribution in [2.24, 2.45) is 0 Å². The third-order valence-corrected chi connectivity index (χ3v) is 5.08. The molecule has 0 atom stereocenters. The van der Waals surface area contributed by atoms with Gasteiger partial charge in [0.25, 0.3) is 0 Å². The van der Waals surface area contributed by atoms with E-state index < -0.39 is 15.8 Å². The summed E-state index contributed by atoms with van der Waals surface area (Å²) < 4.78 is 40.1. The van der Waals surface area contributed by atoms with Gasteiger partial charge in [-0.3, -0.25) is 0 Å². The molecule has 1 aromatic carbocycles. The van der Waals surface area contributed by atoms with Gasteiger partial charge in [-0.05, 0) is 37.1 Å². The molecule has 0 aliphatic heterocycles. The minimum absolute atomic E-state index is 0.130. The first-order valence-corrected chi connectivity index (χ1v) is 7.91. The molecule has 0 saturated carbocycles. The van der Waals surface area contributed by atoms with E-state index in [1.54, 1.807) is 25.4 Å². The summed E-state index contributed by atoms with van der Waals surface area (Å²) in [4.78, 5) is 4.13. The number of sulfonamides is 1. The van der Waals surface area contributed by atoms with Crippen LogP contribution in [-0.2, 0) is 16.6 Å². The van der Waals surface area contributed by atoms with Gasteiger partial charge in [0.2, 0.25) is 10.0 Å². The molecule has 7 heteroatoms. The van der Waals surface area contributed by atoms with E-state index in [1.165, 1.54) is 23.5 Å². The number of rotatable bonds is 4. The number of thiazole rings is 1. The quantitative estimate of drug-likeness (QED) is 0.943. The van der Waals surface area contributed by atoms with Crippen LogP contribution in [0.4, 0.5) is 4.39 Å². The minimum atomic E-state index is -3.66. The summed E-state index contributed by atoms with van der Waals surface area (Å²) in [6.07, 6.45) is 1.61. The van der Waals surface area contributed by atoms with Gasteiger partial charge in [0.15, 0.2) is 0 Å². The molecule has 2 rings (SSSR count). The molecular formula is C12H13FN2O2S2. The second-order valence-corrected chi connectivity index (χ2v) is 6.80. The standard InChI is InChI=1S/C12H13FN2O2S2/c1-8-5-10(13)6-9(2)12(8)19(16,17)15-7-11-14-3-4-18-11/h3-6,15H,7H2,1-2H3. The summed E-state index contributed by atoms with van der Waals surface area (Å²) in [6, 6.07) is 2.43. The zero-order chi connectivity index (χ0) is 14.0. The van der Waals surface area contributed by atoms with Gasteiger partial charge in [0, 0.05) is 11.6 Å². The lowest BCUT2D eigenvalue weighted by atomic mass is 10.1. The van der Waals surface area contributed by atoms with Crippen molar-refractivity contribution in [1.29, 1.82) is 0 Å². The highest BCUT2D eigenvalue weighted by molar-refractivity contribution is 7.89. The van der Waals surface area contributed by atoms with Gasteiger partial charge < -0.3 is 0 Å². The van der Waals surface area contributed by atoms with Gasteiger partial charge in [-0.1, -0.05) is 0 Å². The third kappa shape index (κ3) is 3.17. The Labute approximate surface area is 115 Å². The van der Waals surface area contributed by atoms with Crippen molar-refractivity contribution in [1.82, 2.24) is 9.71 Å². The Balaban J connectivity index is 2.29. The van der Waals surface area contributed by atoms with Gasteiger partial charge in [-0.25, -0.2) is 22.5 Å². The molecule has 0 saturated heterocycles. The van der Waals surface area contributed by atoms with Crippen molar-refractivity contribution in [3.8, 4) is 0 Å². The number of halogens is 1. The van der Waals surface area contributed by atoms with Crippen molar-refractivity contribution in [3.63, 3.8) is 0 Å². The number of hydrogen-bond donors (Lipinski definition) is 1. The maximum Gasteiger partial charge on any atom is 0.241 e. The molecule has 4 nitrogen and oxygen atoms in total. The fourth-order valence-corrected chi connectivity index (χ4v) is 3.97. The van der Waals surface area contributed by atoms with E-state index in [9.17, 15) is 12.8 Å². The summed E-state index contributed by atoms with van der Waals surface area (Å²) in [6.45, 7) is 3.29. The third-order valence-electron chi connectivity index (χ3n) is 2.59. The number of benzene rings is 1. The zero-order valence-corrected chi connectivity index (χ0v) is 12.1. The van der Waals surface area contributed by atoms with Gasteiger partial charge in [-0.2, -0.15) is 0 Å². The van der Waals surface area contributed by atoms with Gasteiger partial charge in [0.1, 0.15) is 10.8 Å². The first kappa shape index (κ1) is 14.1. The van der Waals surface area contributed by atoms with Gasteiger partial charge in [-0.15, -0.1) is 11.3 Å². The lowest BCUT2D eigenvalue weighted by molar-refractivity contribution is 0.578. The Morgan fingerprint density at radius 2 is 1.95 bits per heavy atom. The molecular weight excluding hydrogens is 287 g/mol. The van der Waals surface area contributed by atoms with Crippen molar-refractivity contribution < 1.29 is 12.8 Å². The summed E-state index contributed by atoms with van der Waals surface area (Å²) in [5.74, 6) is -0.436. The minimum Gasteiger partial charge on any atom is -0.248 e. The number of aryl methyl sites for hydroxylation is 2. The van der Waals surface area contributed by atoms with Crippen LogP contribution >= 0.6 is 11.3 Å². The summed E-state index contributed by atoms with van der Waals surface area (Å²) in [5.41, 5.74) is 0.785. The average molecular weight is 300 g/mol. The lowest BCUT2D eigenvalue weighted by Gasteiger charge is -2.11. The van der Waals surface area contributed by atoms with Crippen LogP contribution < -0.4 is 4.72 Å². The van der Waals surface area contributed by atoms with E-state index in [-0.39, 0.29) is 11.4 Å². The predicted molar refractivity (Wildman–Crippen MR) is 72.0 cm³/mol. The Morgan fingerprint density at radius 1 is 1.32 bits per heavy atom. The van der Waals surface area contributed by atoms with E-state index >= 15 is 0 Å². The maximum atomic E-state index is 13.2. The normalized spacial score (nSPS) is 11.7. The van der Waals surface area contributed by atoms with E-state index in [4.69, 9.17) is 0 Å². The number of nitrogens with zero attached hydrogens (tertiary/aromatic N) is 1. The second-order valence-electron chi connectivity index (χ2n) is 4.12. The molecule has 0 fully saturated rings. The maximum absolute atomic E-state index is 13.2. The molecule has 0 amide bonds. The first-order chi connectivity index (χ1) is 8.90. The molecule has 0 aliphatic carbocycles. The van der Waals surface area contributed by atoms with Crippen LogP contribution in [-0.4, -0.2) is 13.4 Å². The van der Waals surface area contributed by atoms with Crippen molar-refractivity contribution in [2.45, 2.75) is 25.3 Å². The Bertz CT molecular complexity index is 659. The molecule has 0 spiro atoms. The largest absolute Gasteiger partial charge is 0.248 e. The van der Waals surface area contributed by atoms with Gasteiger partial charge in [0.05, 0.1) is 11.4 Å². The van der Waals surface area contributed by atoms with Crippen molar-refractivity contribution in [3.05, 3.63) is 45.7 Å². The lowest BCUT2D eigenvalue weighted by Crippen LogP contribution is -2.24. The van der Waals surface area contributed by atoms with Crippen molar-refractivity contribution >= 4 is 21.4 Å². The predicted octanol–water partition coefficient (Wildman–Crippen LogP) is 2.38. The van der Waals surface area contributed by atoms with E-state index in [0.717, 1.165) is 0 Å². The second kappa shape index (κ2) is 5.36. The number of nitrogens with one attached hydrogen (secondary N) is 1. The number of hydrogen-bond acceptors (Lipinski definition) is 4. The Kier molecular flexibility index (Phi) is 3.98. The summed E-state index contributed by atoms with van der Waals surface area (Å²) in [7, 11) is -3.66.